The van der Waals surface area contributed by atoms with Crippen molar-refractivity contribution in [3.8, 4) is 0 Å². The summed E-state index contributed by atoms with van der Waals surface area (Å²) in [5.41, 5.74) is 1.84. The van der Waals surface area contributed by atoms with Crippen LogP contribution in [0.2, 0.25) is 0 Å². The highest BCUT2D eigenvalue weighted by atomic mass is 16.5. The third-order valence-corrected chi connectivity index (χ3v) is 3.64. The molecular weight excluding hydrogens is 344 g/mol. The van der Waals surface area contributed by atoms with Gasteiger partial charge in [0.2, 0.25) is 0 Å². The molecule has 0 aromatic heterocycles. The third kappa shape index (κ3) is 6.78. The zero-order valence-electron chi connectivity index (χ0n) is 15.1. The molecule has 0 bridgehead atoms. The Morgan fingerprint density at radius 2 is 1.70 bits per heavy atom. The summed E-state index contributed by atoms with van der Waals surface area (Å²) in [5, 5.41) is 5.44. The summed E-state index contributed by atoms with van der Waals surface area (Å²) in [7, 11) is 0. The van der Waals surface area contributed by atoms with Gasteiger partial charge in [-0.2, -0.15) is 0 Å². The fraction of sp³-hybridized carbons (Fsp3) is 0.190. The topological polar surface area (TPSA) is 84.5 Å². The lowest BCUT2D eigenvalue weighted by Crippen LogP contribution is -2.28. The predicted molar refractivity (Wildman–Crippen MR) is 103 cm³/mol. The van der Waals surface area contributed by atoms with Crippen LogP contribution in [0.3, 0.4) is 0 Å². The largest absolute Gasteiger partial charge is 0.452 e. The van der Waals surface area contributed by atoms with Gasteiger partial charge in [-0.15, -0.1) is 0 Å². The van der Waals surface area contributed by atoms with Crippen LogP contribution in [0.4, 0.5) is 5.69 Å². The summed E-state index contributed by atoms with van der Waals surface area (Å²) >= 11 is 0. The number of allylic oxidation sites excluding steroid dienone is 1. The highest BCUT2D eigenvalue weighted by molar-refractivity contribution is 6.04. The minimum atomic E-state index is -0.598. The number of esters is 1. The zero-order valence-corrected chi connectivity index (χ0v) is 15.1. The van der Waals surface area contributed by atoms with Crippen molar-refractivity contribution < 1.29 is 19.1 Å². The van der Waals surface area contributed by atoms with Crippen molar-refractivity contribution in [2.75, 3.05) is 18.5 Å². The lowest BCUT2D eigenvalue weighted by atomic mass is 10.1. The average Bonchev–Trinajstić information content (AvgIpc) is 2.68. The van der Waals surface area contributed by atoms with Gasteiger partial charge in [0.15, 0.2) is 6.61 Å². The molecule has 27 heavy (non-hydrogen) atoms. The second-order valence-corrected chi connectivity index (χ2v) is 5.69. The standard InChI is InChI=1S/C21H22N2O4/c1-2-8-20(25)27-15-19(24)23-18-12-7-6-11-17(18)21(26)22-14-13-16-9-4-3-5-10-16/h2-12H,13-15H2,1H3,(H,22,26)(H,23,24)/b8-2+. The van der Waals surface area contributed by atoms with Gasteiger partial charge >= 0.3 is 5.97 Å². The average molecular weight is 366 g/mol. The van der Waals surface area contributed by atoms with E-state index in [1.165, 1.54) is 12.2 Å². The van der Waals surface area contributed by atoms with E-state index >= 15 is 0 Å². The number of para-hydroxylation sites is 1. The third-order valence-electron chi connectivity index (χ3n) is 3.64. The molecule has 2 amide bonds. The molecule has 0 spiro atoms. The first-order valence-corrected chi connectivity index (χ1v) is 8.60. The fourth-order valence-electron chi connectivity index (χ4n) is 2.36. The molecule has 2 rings (SSSR count). The van der Waals surface area contributed by atoms with Crippen LogP contribution in [0.15, 0.2) is 66.7 Å². The number of anilines is 1. The Morgan fingerprint density at radius 1 is 1.00 bits per heavy atom. The molecule has 0 saturated heterocycles. The van der Waals surface area contributed by atoms with Crippen molar-refractivity contribution in [2.45, 2.75) is 13.3 Å². The van der Waals surface area contributed by atoms with E-state index in [2.05, 4.69) is 10.6 Å². The molecule has 0 aliphatic carbocycles. The number of carbonyl (C=O) groups excluding carboxylic acids is 3. The quantitative estimate of drug-likeness (QED) is 0.556. The molecule has 0 aliphatic rings. The van der Waals surface area contributed by atoms with Crippen LogP contribution in [0.1, 0.15) is 22.8 Å². The molecule has 0 fully saturated rings. The molecule has 2 aromatic carbocycles. The van der Waals surface area contributed by atoms with Crippen LogP contribution < -0.4 is 10.6 Å². The van der Waals surface area contributed by atoms with Gasteiger partial charge < -0.3 is 15.4 Å². The van der Waals surface area contributed by atoms with Crippen molar-refractivity contribution in [2.24, 2.45) is 0 Å². The van der Waals surface area contributed by atoms with Crippen molar-refractivity contribution in [1.29, 1.82) is 0 Å². The Labute approximate surface area is 158 Å². The molecule has 140 valence electrons. The van der Waals surface area contributed by atoms with Crippen LogP contribution in [0.5, 0.6) is 0 Å². The number of hydrogen-bond donors (Lipinski definition) is 2. The molecule has 6 heteroatoms. The van der Waals surface area contributed by atoms with E-state index in [1.54, 1.807) is 31.2 Å². The lowest BCUT2D eigenvalue weighted by Gasteiger charge is -2.11. The molecule has 0 atom stereocenters. The number of carbonyl (C=O) groups is 3. The van der Waals surface area contributed by atoms with Gasteiger partial charge in [-0.25, -0.2) is 4.79 Å². The fourth-order valence-corrected chi connectivity index (χ4v) is 2.36. The maximum atomic E-state index is 12.4. The summed E-state index contributed by atoms with van der Waals surface area (Å²) in [6.07, 6.45) is 3.46. The Balaban J connectivity index is 1.90. The van der Waals surface area contributed by atoms with Crippen molar-refractivity contribution in [3.05, 3.63) is 77.9 Å². The van der Waals surface area contributed by atoms with E-state index in [4.69, 9.17) is 4.74 Å². The molecule has 6 nitrogen and oxygen atoms in total. The van der Waals surface area contributed by atoms with Gasteiger partial charge in [0.1, 0.15) is 0 Å². The Kier molecular flexibility index (Phi) is 7.78. The van der Waals surface area contributed by atoms with Crippen LogP contribution in [0.25, 0.3) is 0 Å². The minimum absolute atomic E-state index is 0.284. The maximum Gasteiger partial charge on any atom is 0.330 e. The van der Waals surface area contributed by atoms with Crippen LogP contribution in [0, 0.1) is 0 Å². The van der Waals surface area contributed by atoms with E-state index in [1.807, 2.05) is 30.3 Å². The first-order valence-electron chi connectivity index (χ1n) is 8.60. The van der Waals surface area contributed by atoms with Gasteiger partial charge in [0.05, 0.1) is 11.3 Å². The van der Waals surface area contributed by atoms with Crippen LogP contribution >= 0.6 is 0 Å². The van der Waals surface area contributed by atoms with Gasteiger partial charge in [-0.05, 0) is 31.0 Å². The molecule has 0 heterocycles. The molecule has 0 aliphatic heterocycles. The Hall–Kier alpha value is -3.41. The first kappa shape index (κ1) is 19.9. The number of nitrogens with one attached hydrogen (secondary N) is 2. The van der Waals surface area contributed by atoms with Crippen LogP contribution in [-0.2, 0) is 20.7 Å². The lowest BCUT2D eigenvalue weighted by molar-refractivity contribution is -0.142. The van der Waals surface area contributed by atoms with E-state index in [9.17, 15) is 14.4 Å². The van der Waals surface area contributed by atoms with Crippen LogP contribution in [-0.4, -0.2) is 30.9 Å². The van der Waals surface area contributed by atoms with Gasteiger partial charge in [0, 0.05) is 12.6 Å². The monoisotopic (exact) mass is 366 g/mol. The van der Waals surface area contributed by atoms with Gasteiger partial charge in [-0.1, -0.05) is 48.5 Å². The molecule has 0 radical (unpaired) electrons. The zero-order chi connectivity index (χ0) is 19.5. The summed E-state index contributed by atoms with van der Waals surface area (Å²) in [6, 6.07) is 16.5. The van der Waals surface area contributed by atoms with Crippen molar-refractivity contribution in [1.82, 2.24) is 5.32 Å². The first-order chi connectivity index (χ1) is 13.1. The number of hydrogen-bond acceptors (Lipinski definition) is 4. The summed E-state index contributed by atoms with van der Waals surface area (Å²) in [4.78, 5) is 35.6. The predicted octanol–water partition coefficient (Wildman–Crippen LogP) is 2.72. The molecular formula is C21H22N2O4. The number of benzene rings is 2. The van der Waals surface area contributed by atoms with Crippen molar-refractivity contribution in [3.63, 3.8) is 0 Å². The van der Waals surface area contributed by atoms with E-state index in [0.717, 1.165) is 5.56 Å². The number of ether oxygens (including phenoxy) is 1. The number of rotatable bonds is 8. The summed E-state index contributed by atoms with van der Waals surface area (Å²) in [5.74, 6) is -1.40. The summed E-state index contributed by atoms with van der Waals surface area (Å²) in [6.45, 7) is 1.73. The molecule has 2 aromatic rings. The highest BCUT2D eigenvalue weighted by Crippen LogP contribution is 2.15. The van der Waals surface area contributed by atoms with Crippen molar-refractivity contribution >= 4 is 23.5 Å². The normalized spacial score (nSPS) is 10.4. The van der Waals surface area contributed by atoms with E-state index in [0.29, 0.717) is 24.2 Å². The number of amides is 2. The molecule has 2 N–H and O–H groups in total. The molecule has 0 saturated carbocycles. The Morgan fingerprint density at radius 3 is 2.44 bits per heavy atom. The highest BCUT2D eigenvalue weighted by Gasteiger charge is 2.13. The second kappa shape index (κ2) is 10.6. The summed E-state index contributed by atoms with van der Waals surface area (Å²) < 4.78 is 4.79. The maximum absolute atomic E-state index is 12.4. The Bertz CT molecular complexity index is 816. The molecule has 0 unspecified atom stereocenters. The smallest absolute Gasteiger partial charge is 0.330 e. The SMILES string of the molecule is C/C=C/C(=O)OCC(=O)Nc1ccccc1C(=O)NCCc1ccccc1. The van der Waals surface area contributed by atoms with Gasteiger partial charge in [0.25, 0.3) is 11.8 Å². The minimum Gasteiger partial charge on any atom is -0.452 e. The second-order valence-electron chi connectivity index (χ2n) is 5.69. The van der Waals surface area contributed by atoms with Gasteiger partial charge in [-0.3, -0.25) is 9.59 Å². The van der Waals surface area contributed by atoms with E-state index in [-0.39, 0.29) is 5.91 Å². The van der Waals surface area contributed by atoms with E-state index < -0.39 is 18.5 Å².